The van der Waals surface area contributed by atoms with E-state index in [1.165, 1.54) is 6.33 Å². The molecule has 16 heavy (non-hydrogen) atoms. The predicted octanol–water partition coefficient (Wildman–Crippen LogP) is 0.376. The lowest BCUT2D eigenvalue weighted by Gasteiger charge is -2.03. The monoisotopic (exact) mass is 213 g/mol. The Balaban J connectivity index is 2.58. The first-order valence-electron chi connectivity index (χ1n) is 4.64. The average Bonchev–Trinajstić information content (AvgIpc) is 2.76. The first kappa shape index (κ1) is 8.78. The zero-order valence-electron chi connectivity index (χ0n) is 8.16. The topological polar surface area (TPSA) is 86.2 Å². The highest BCUT2D eigenvalue weighted by molar-refractivity contribution is 6.02. The van der Waals surface area contributed by atoms with Crippen molar-refractivity contribution in [2.45, 2.75) is 0 Å². The number of primary amides is 1. The Morgan fingerprint density at radius 2 is 2.25 bits per heavy atom. The summed E-state index contributed by atoms with van der Waals surface area (Å²) in [6, 6.07) is 5.33. The van der Waals surface area contributed by atoms with Gasteiger partial charge in [0.1, 0.15) is 12.0 Å². The van der Waals surface area contributed by atoms with E-state index in [1.807, 2.05) is 6.07 Å². The van der Waals surface area contributed by atoms with Crippen molar-refractivity contribution >= 4 is 22.6 Å². The third-order valence-corrected chi connectivity index (χ3v) is 2.40. The van der Waals surface area contributed by atoms with Gasteiger partial charge in [-0.1, -0.05) is 0 Å². The molecular formula is C10H7N5O. The van der Waals surface area contributed by atoms with Crippen LogP contribution < -0.4 is 5.73 Å². The number of carbonyl (C=O) groups excluding carboxylic acids is 1. The number of fused-ring (bicyclic) bond motifs is 3. The van der Waals surface area contributed by atoms with E-state index in [1.54, 1.807) is 22.7 Å². The molecule has 0 aliphatic carbocycles. The summed E-state index contributed by atoms with van der Waals surface area (Å²) in [5, 5.41) is 8.44. The van der Waals surface area contributed by atoms with Gasteiger partial charge in [0.15, 0.2) is 5.65 Å². The quantitative estimate of drug-likeness (QED) is 0.633. The Labute approximate surface area is 89.7 Å². The molecule has 0 bridgehead atoms. The number of aromatic nitrogens is 4. The second-order valence-electron chi connectivity index (χ2n) is 3.36. The number of hydrogen-bond acceptors (Lipinski definition) is 4. The molecule has 0 aliphatic heterocycles. The molecular weight excluding hydrogens is 206 g/mol. The fraction of sp³-hybridized carbons (Fsp3) is 0. The Kier molecular flexibility index (Phi) is 1.64. The van der Waals surface area contributed by atoms with E-state index in [0.29, 0.717) is 16.9 Å². The lowest BCUT2D eigenvalue weighted by Crippen LogP contribution is -2.13. The van der Waals surface area contributed by atoms with Crippen LogP contribution in [0.5, 0.6) is 0 Å². The van der Waals surface area contributed by atoms with Crippen molar-refractivity contribution in [3.05, 3.63) is 36.3 Å². The largest absolute Gasteiger partial charge is 0.365 e. The SMILES string of the molecule is NC(=O)c1cc2cccnc2n2cnnc12. The smallest absolute Gasteiger partial charge is 0.252 e. The summed E-state index contributed by atoms with van der Waals surface area (Å²) < 4.78 is 1.65. The number of carbonyl (C=O) groups is 1. The van der Waals surface area contributed by atoms with Crippen molar-refractivity contribution in [1.29, 1.82) is 0 Å². The molecule has 6 nitrogen and oxygen atoms in total. The number of nitrogens with two attached hydrogens (primary N) is 1. The van der Waals surface area contributed by atoms with Crippen molar-refractivity contribution < 1.29 is 4.79 Å². The molecule has 2 N–H and O–H groups in total. The van der Waals surface area contributed by atoms with Crippen molar-refractivity contribution in [2.75, 3.05) is 0 Å². The molecule has 3 rings (SSSR count). The van der Waals surface area contributed by atoms with Gasteiger partial charge in [0.2, 0.25) is 0 Å². The first-order chi connectivity index (χ1) is 7.77. The summed E-state index contributed by atoms with van der Waals surface area (Å²) in [5.41, 5.74) is 6.77. The van der Waals surface area contributed by atoms with Gasteiger partial charge in [0.25, 0.3) is 5.91 Å². The van der Waals surface area contributed by atoms with Crippen molar-refractivity contribution in [1.82, 2.24) is 19.6 Å². The van der Waals surface area contributed by atoms with Crippen LogP contribution in [-0.4, -0.2) is 25.5 Å². The van der Waals surface area contributed by atoms with Crippen LogP contribution in [0.25, 0.3) is 16.7 Å². The fourth-order valence-corrected chi connectivity index (χ4v) is 1.70. The van der Waals surface area contributed by atoms with Crippen LogP contribution in [0.3, 0.4) is 0 Å². The van der Waals surface area contributed by atoms with Gasteiger partial charge >= 0.3 is 0 Å². The molecule has 3 aromatic rings. The highest BCUT2D eigenvalue weighted by atomic mass is 16.1. The molecule has 6 heteroatoms. The Bertz CT molecular complexity index is 703. The molecule has 0 spiro atoms. The van der Waals surface area contributed by atoms with Gasteiger partial charge in [-0.15, -0.1) is 10.2 Å². The molecule has 3 heterocycles. The van der Waals surface area contributed by atoms with Crippen LogP contribution in [0.4, 0.5) is 0 Å². The van der Waals surface area contributed by atoms with E-state index < -0.39 is 5.91 Å². The molecule has 0 unspecified atom stereocenters. The minimum Gasteiger partial charge on any atom is -0.365 e. The number of rotatable bonds is 1. The van der Waals surface area contributed by atoms with Crippen molar-refractivity contribution in [3.8, 4) is 0 Å². The van der Waals surface area contributed by atoms with Crippen LogP contribution in [0, 0.1) is 0 Å². The lowest BCUT2D eigenvalue weighted by molar-refractivity contribution is 0.100. The summed E-state index contributed by atoms with van der Waals surface area (Å²) in [6.45, 7) is 0. The molecule has 1 amide bonds. The highest BCUT2D eigenvalue weighted by Crippen LogP contribution is 2.17. The molecule has 0 atom stereocenters. The van der Waals surface area contributed by atoms with Gasteiger partial charge in [0, 0.05) is 11.6 Å². The molecule has 0 aliphatic rings. The average molecular weight is 213 g/mol. The van der Waals surface area contributed by atoms with Crippen LogP contribution in [0.1, 0.15) is 10.4 Å². The van der Waals surface area contributed by atoms with Gasteiger partial charge < -0.3 is 5.73 Å². The predicted molar refractivity (Wildman–Crippen MR) is 56.8 cm³/mol. The Morgan fingerprint density at radius 1 is 1.38 bits per heavy atom. The van der Waals surface area contributed by atoms with Gasteiger partial charge in [0.05, 0.1) is 5.56 Å². The maximum atomic E-state index is 11.3. The molecule has 0 saturated carbocycles. The van der Waals surface area contributed by atoms with Crippen molar-refractivity contribution in [3.63, 3.8) is 0 Å². The van der Waals surface area contributed by atoms with Crippen LogP contribution in [0.2, 0.25) is 0 Å². The maximum Gasteiger partial charge on any atom is 0.252 e. The van der Waals surface area contributed by atoms with E-state index in [-0.39, 0.29) is 0 Å². The second-order valence-corrected chi connectivity index (χ2v) is 3.36. The normalized spacial score (nSPS) is 11.0. The van der Waals surface area contributed by atoms with E-state index in [4.69, 9.17) is 5.73 Å². The van der Waals surface area contributed by atoms with E-state index >= 15 is 0 Å². The zero-order valence-corrected chi connectivity index (χ0v) is 8.16. The number of pyridine rings is 2. The summed E-state index contributed by atoms with van der Waals surface area (Å²) in [4.78, 5) is 15.5. The third kappa shape index (κ3) is 1.07. The molecule has 0 fully saturated rings. The molecule has 0 aromatic carbocycles. The number of nitrogens with zero attached hydrogens (tertiary/aromatic N) is 4. The van der Waals surface area contributed by atoms with E-state index in [2.05, 4.69) is 15.2 Å². The van der Waals surface area contributed by atoms with Crippen LogP contribution in [0.15, 0.2) is 30.7 Å². The minimum absolute atomic E-state index is 0.345. The van der Waals surface area contributed by atoms with Gasteiger partial charge in [-0.3, -0.25) is 9.20 Å². The highest BCUT2D eigenvalue weighted by Gasteiger charge is 2.12. The lowest BCUT2D eigenvalue weighted by atomic mass is 10.2. The molecule has 0 radical (unpaired) electrons. The van der Waals surface area contributed by atoms with E-state index in [0.717, 1.165) is 5.39 Å². The Morgan fingerprint density at radius 3 is 3.06 bits per heavy atom. The Hall–Kier alpha value is -2.50. The van der Waals surface area contributed by atoms with Crippen LogP contribution >= 0.6 is 0 Å². The molecule has 0 saturated heterocycles. The summed E-state index contributed by atoms with van der Waals surface area (Å²) in [5.74, 6) is -0.524. The fourth-order valence-electron chi connectivity index (χ4n) is 1.70. The first-order valence-corrected chi connectivity index (χ1v) is 4.64. The van der Waals surface area contributed by atoms with Gasteiger partial charge in [-0.25, -0.2) is 4.98 Å². The molecule has 78 valence electrons. The maximum absolute atomic E-state index is 11.3. The number of amides is 1. The summed E-state index contributed by atoms with van der Waals surface area (Å²) >= 11 is 0. The van der Waals surface area contributed by atoms with Crippen molar-refractivity contribution in [2.24, 2.45) is 5.73 Å². The minimum atomic E-state index is -0.524. The second kappa shape index (κ2) is 2.99. The van der Waals surface area contributed by atoms with Crippen LogP contribution in [-0.2, 0) is 0 Å². The van der Waals surface area contributed by atoms with Gasteiger partial charge in [-0.2, -0.15) is 0 Å². The number of hydrogen-bond donors (Lipinski definition) is 1. The summed E-state index contributed by atoms with van der Waals surface area (Å²) in [6.07, 6.45) is 3.18. The van der Waals surface area contributed by atoms with Gasteiger partial charge in [-0.05, 0) is 18.2 Å². The zero-order chi connectivity index (χ0) is 11.1. The standard InChI is InChI=1S/C10H7N5O/c11-8(16)7-4-6-2-1-3-12-9(6)15-5-13-14-10(7)15/h1-5H,(H2,11,16). The molecule has 3 aromatic heterocycles. The third-order valence-electron chi connectivity index (χ3n) is 2.40. The summed E-state index contributed by atoms with van der Waals surface area (Å²) in [7, 11) is 0. The van der Waals surface area contributed by atoms with E-state index in [9.17, 15) is 4.79 Å².